The molecular weight excluding hydrogens is 1630 g/mol. The molecule has 18 aromatic carbocycles. The van der Waals surface area contributed by atoms with Crippen LogP contribution >= 0.6 is 0 Å². The summed E-state index contributed by atoms with van der Waals surface area (Å²) in [7, 11) is -6.13. The highest BCUT2D eigenvalue weighted by Gasteiger charge is 2.52. The van der Waals surface area contributed by atoms with Crippen LogP contribution in [-0.2, 0) is 19.4 Å². The number of hydrogen-bond donors (Lipinski definition) is 0. The SMILES string of the molecule is CC1(C)OB(c2ccc3c4ccccc4n4c5ccccc5nc4c3c2)OC1(C)C.O=S(=O)(Oc1ccc2cc(-c3ccc4cc(-c5nc6ccccc6n5-c5ccccc5)ccc4c3)ccc2c1)C(F)(F)F.c1ccc(-n2c(-c3ccc4cc(-c5ccc6cc(-c7ccc8c9ccccc9n9c%10ccccc%10nc9c8c7)ccc6c5)ccc4c3)nc3ccccc32)cc1. The molecule has 0 spiro atoms. The summed E-state index contributed by atoms with van der Waals surface area (Å²) in [5.41, 5.74) is 18.2. The van der Waals surface area contributed by atoms with E-state index in [9.17, 15) is 21.6 Å². The highest BCUT2D eigenvalue weighted by molar-refractivity contribution is 7.88. The van der Waals surface area contributed by atoms with Gasteiger partial charge in [0.15, 0.2) is 0 Å². The van der Waals surface area contributed by atoms with Gasteiger partial charge in [-0.3, -0.25) is 17.9 Å². The van der Waals surface area contributed by atoms with Crippen molar-refractivity contribution in [2.45, 2.75) is 44.4 Å². The normalized spacial score (nSPS) is 13.5. The molecule has 7 heterocycles. The number of alkyl halides is 3. The van der Waals surface area contributed by atoms with E-state index < -0.39 is 28.5 Å². The molecule has 0 aliphatic carbocycles. The van der Waals surface area contributed by atoms with E-state index in [4.69, 9.17) is 29.2 Å². The lowest BCUT2D eigenvalue weighted by Crippen LogP contribution is -2.41. The maximum absolute atomic E-state index is 12.7. The Morgan fingerprint density at radius 2 is 0.605 bits per heavy atom. The van der Waals surface area contributed by atoms with Crippen molar-refractivity contribution in [3.05, 3.63) is 388 Å². The Bertz CT molecular complexity index is 8840. The molecule has 0 bridgehead atoms. The average Bonchev–Trinajstić information content (AvgIpc) is 1.61. The molecule has 0 atom stereocenters. The minimum Gasteiger partial charge on any atom is -0.399 e. The van der Waals surface area contributed by atoms with Crippen molar-refractivity contribution < 1.29 is 35.1 Å². The first-order chi connectivity index (χ1) is 62.7. The second kappa shape index (κ2) is 30.3. The van der Waals surface area contributed by atoms with Crippen LogP contribution in [0.25, 0.3) is 209 Å². The van der Waals surface area contributed by atoms with E-state index in [-0.39, 0.29) is 11.2 Å². The van der Waals surface area contributed by atoms with Crippen LogP contribution in [0.5, 0.6) is 5.75 Å². The molecule has 13 nitrogen and oxygen atoms in total. The lowest BCUT2D eigenvalue weighted by Gasteiger charge is -2.32. The van der Waals surface area contributed by atoms with E-state index in [1.807, 2.05) is 72.8 Å². The predicted molar refractivity (Wildman–Crippen MR) is 520 cm³/mol. The number of benzene rings is 18. The van der Waals surface area contributed by atoms with Gasteiger partial charge in [0.25, 0.3) is 0 Å². The van der Waals surface area contributed by atoms with Gasteiger partial charge in [-0.15, -0.1) is 0 Å². The number of fused-ring (bicyclic) bond motifs is 22. The molecule has 0 N–H and O–H groups in total. The van der Waals surface area contributed by atoms with Crippen molar-refractivity contribution in [2.24, 2.45) is 0 Å². The molecule has 0 radical (unpaired) electrons. The Morgan fingerprint density at radius 1 is 0.295 bits per heavy atom. The van der Waals surface area contributed by atoms with Crippen molar-refractivity contribution >= 4 is 165 Å². The molecule has 1 aliphatic heterocycles. The molecule has 1 saturated heterocycles. The van der Waals surface area contributed by atoms with Gasteiger partial charge in [0.05, 0.1) is 66.4 Å². The maximum atomic E-state index is 12.7. The van der Waals surface area contributed by atoms with Gasteiger partial charge < -0.3 is 13.5 Å². The van der Waals surface area contributed by atoms with Gasteiger partial charge >= 0.3 is 22.7 Å². The van der Waals surface area contributed by atoms with Gasteiger partial charge in [0.2, 0.25) is 0 Å². The van der Waals surface area contributed by atoms with Gasteiger partial charge in [-0.2, -0.15) is 21.6 Å². The molecule has 18 heteroatoms. The van der Waals surface area contributed by atoms with Crippen LogP contribution in [-0.4, -0.2) is 70.1 Å². The first kappa shape index (κ1) is 78.2. The molecule has 1 aliphatic rings. The van der Waals surface area contributed by atoms with Crippen LogP contribution < -0.4 is 9.65 Å². The number of imidazole rings is 4. The topological polar surface area (TPSA) is 132 Å². The third kappa shape index (κ3) is 13.6. The summed E-state index contributed by atoms with van der Waals surface area (Å²) in [5, 5.41) is 15.3. The summed E-state index contributed by atoms with van der Waals surface area (Å²) in [6, 6.07) is 133. The Kier molecular flexibility index (Phi) is 18.4. The molecule has 24 aromatic rings. The van der Waals surface area contributed by atoms with Crippen molar-refractivity contribution in [2.75, 3.05) is 0 Å². The van der Waals surface area contributed by atoms with Crippen LogP contribution in [0.1, 0.15) is 27.7 Å². The van der Waals surface area contributed by atoms with Gasteiger partial charge in [-0.1, -0.05) is 243 Å². The van der Waals surface area contributed by atoms with Gasteiger partial charge in [0.1, 0.15) is 28.7 Å². The van der Waals surface area contributed by atoms with Crippen molar-refractivity contribution in [1.29, 1.82) is 0 Å². The summed E-state index contributed by atoms with van der Waals surface area (Å²) in [6.45, 7) is 8.34. The molecule has 0 amide bonds. The van der Waals surface area contributed by atoms with E-state index in [0.29, 0.717) is 5.39 Å². The second-order valence-electron chi connectivity index (χ2n) is 33.9. The van der Waals surface area contributed by atoms with E-state index in [2.05, 4.69) is 341 Å². The number of halogens is 3. The maximum Gasteiger partial charge on any atom is 0.534 e. The van der Waals surface area contributed by atoms with Crippen LogP contribution in [0.2, 0.25) is 0 Å². The van der Waals surface area contributed by atoms with Crippen LogP contribution in [0.3, 0.4) is 0 Å². The third-order valence-electron chi connectivity index (χ3n) is 25.6. The minimum atomic E-state index is -5.74. The molecule has 25 rings (SSSR count). The third-order valence-corrected chi connectivity index (χ3v) is 26.5. The number of pyridine rings is 2. The quantitative estimate of drug-likeness (QED) is 0.0568. The number of rotatable bonds is 10. The van der Waals surface area contributed by atoms with E-state index in [0.717, 1.165) is 139 Å². The number of nitrogens with zero attached hydrogens (tertiary/aromatic N) is 8. The predicted octanol–water partition coefficient (Wildman–Crippen LogP) is 27.4. The number of hydrogen-bond acceptors (Lipinski definition) is 9. The molecular formula is C111H76BF3N8O5S. The summed E-state index contributed by atoms with van der Waals surface area (Å²) in [5.74, 6) is 1.39. The number of para-hydroxylation sites is 12. The van der Waals surface area contributed by atoms with Crippen molar-refractivity contribution in [1.82, 2.24) is 37.9 Å². The van der Waals surface area contributed by atoms with Crippen molar-refractivity contribution in [3.8, 4) is 73.3 Å². The van der Waals surface area contributed by atoms with Crippen LogP contribution in [0.4, 0.5) is 13.2 Å². The smallest absolute Gasteiger partial charge is 0.399 e. The lowest BCUT2D eigenvalue weighted by atomic mass is 9.78. The first-order valence-corrected chi connectivity index (χ1v) is 44.2. The fourth-order valence-electron chi connectivity index (χ4n) is 18.4. The van der Waals surface area contributed by atoms with Crippen LogP contribution in [0.15, 0.2) is 388 Å². The fourth-order valence-corrected chi connectivity index (χ4v) is 18.9. The Labute approximate surface area is 738 Å². The average molecular weight is 1700 g/mol. The van der Waals surface area contributed by atoms with Gasteiger partial charge in [0, 0.05) is 44.0 Å². The van der Waals surface area contributed by atoms with Gasteiger partial charge in [-0.05, 0) is 266 Å². The zero-order valence-corrected chi connectivity index (χ0v) is 71.0. The highest BCUT2D eigenvalue weighted by Crippen LogP contribution is 2.43. The first-order valence-electron chi connectivity index (χ1n) is 42.8. The van der Waals surface area contributed by atoms with Crippen LogP contribution in [0, 0.1) is 0 Å². The van der Waals surface area contributed by atoms with Gasteiger partial charge in [-0.25, -0.2) is 19.9 Å². The number of aromatic nitrogens is 8. The zero-order chi connectivity index (χ0) is 87.2. The summed E-state index contributed by atoms with van der Waals surface area (Å²) in [6.07, 6.45) is 0. The minimum absolute atomic E-state index is 0.368. The summed E-state index contributed by atoms with van der Waals surface area (Å²) >= 11 is 0. The molecule has 6 aromatic heterocycles. The monoisotopic (exact) mass is 1700 g/mol. The largest absolute Gasteiger partial charge is 0.534 e. The van der Waals surface area contributed by atoms with E-state index in [1.54, 1.807) is 6.07 Å². The highest BCUT2D eigenvalue weighted by atomic mass is 32.2. The molecule has 620 valence electrons. The standard InChI is InChI=1S/C52H32N4.C34H21F3N2O3S.C25H23BN2O2/c1-2-10-42(11-3-1)55-49-16-8-5-13-46(49)53-51(55)41-25-24-37-29-35(21-23-39(37)31-41)33-18-19-36-30-38(22-20-34(36)28-33)40-26-27-43-44-12-4-7-15-48(44)56-50-17-9-6-14-47(50)54-52(56)45(43)32-40;35-34(36,37)43(40,41)42-30-17-16-26-19-23(12-13-27(26)21-30)22-10-11-25-20-28(15-14-24(25)18-22)33-38-31-8-4-5-9-32(31)39(33)29-6-2-1-3-7-29;1-24(2)25(3,4)30-26(29-24)16-13-14-17-18-9-5-7-11-21(18)28-22-12-8-6-10-20(22)27-23(28)19(17)15-16/h1-32H;1-21H;5-15H,1-4H3. The Balaban J connectivity index is 0.000000116. The second-order valence-corrected chi connectivity index (χ2v) is 35.5. The lowest BCUT2D eigenvalue weighted by molar-refractivity contribution is -0.0500. The Morgan fingerprint density at radius 3 is 1.02 bits per heavy atom. The molecule has 129 heavy (non-hydrogen) atoms. The summed E-state index contributed by atoms with van der Waals surface area (Å²) in [4.78, 5) is 20.2. The molecule has 0 unspecified atom stereocenters. The molecule has 0 saturated carbocycles. The fraction of sp³-hybridized carbons (Fsp3) is 0.0631. The van der Waals surface area contributed by atoms with E-state index >= 15 is 0 Å². The van der Waals surface area contributed by atoms with E-state index in [1.165, 1.54) is 89.1 Å². The summed E-state index contributed by atoms with van der Waals surface area (Å²) < 4.78 is 86.8. The Hall–Kier alpha value is -15.6. The molecule has 1 fully saturated rings. The zero-order valence-electron chi connectivity index (χ0n) is 70.2. The van der Waals surface area contributed by atoms with Crippen molar-refractivity contribution in [3.63, 3.8) is 0 Å².